The van der Waals surface area contributed by atoms with E-state index in [0.29, 0.717) is 0 Å². The Hall–Kier alpha value is 0.470. The van der Waals surface area contributed by atoms with Gasteiger partial charge in [0.05, 0.1) is 0 Å². The van der Waals surface area contributed by atoms with Crippen LogP contribution < -0.4 is 0 Å². The summed E-state index contributed by atoms with van der Waals surface area (Å²) in [5, 5.41) is -1.04. The van der Waals surface area contributed by atoms with Crippen molar-refractivity contribution in [2.24, 2.45) is 0 Å². The average Bonchev–Trinajstić information content (AvgIpc) is 1.65. The van der Waals surface area contributed by atoms with Gasteiger partial charge in [-0.1, -0.05) is 12.8 Å². The van der Waals surface area contributed by atoms with Crippen molar-refractivity contribution in [3.8, 4) is 12.3 Å². The van der Waals surface area contributed by atoms with E-state index < -0.39 is 15.4 Å². The third kappa shape index (κ3) is 4.31. The molecule has 0 aliphatic heterocycles. The molecule has 1 N–H and O–H groups in total. The van der Waals surface area contributed by atoms with E-state index in [9.17, 15) is 8.42 Å². The van der Waals surface area contributed by atoms with Gasteiger partial charge >= 0.3 is 29.6 Å². The van der Waals surface area contributed by atoms with Crippen molar-refractivity contribution in [1.29, 1.82) is 0 Å². The number of terminal acetylenes is 1. The van der Waals surface area contributed by atoms with Crippen molar-refractivity contribution >= 4 is 39.7 Å². The maximum absolute atomic E-state index is 10.2. The number of rotatable bonds is 2. The predicted molar refractivity (Wildman–Crippen MR) is 41.6 cm³/mol. The molecule has 0 aliphatic carbocycles. The maximum atomic E-state index is 10.2. The molecule has 0 fully saturated rings. The molecule has 0 aromatic carbocycles. The molecular formula is C5H9NaO3S. The zero-order chi connectivity index (χ0) is 7.49. The Bertz CT molecular complexity index is 214. The zero-order valence-corrected chi connectivity index (χ0v) is 5.85. The molecule has 1 unspecified atom stereocenters. The fourth-order valence-corrected chi connectivity index (χ4v) is 1.01. The van der Waals surface area contributed by atoms with Crippen LogP contribution in [0.2, 0.25) is 0 Å². The Labute approximate surface area is 83.2 Å². The Morgan fingerprint density at radius 1 is 1.70 bits per heavy atom. The van der Waals surface area contributed by atoms with E-state index in [1.54, 1.807) is 6.92 Å². The molecule has 0 rings (SSSR count). The molecule has 5 heteroatoms. The van der Waals surface area contributed by atoms with Crippen molar-refractivity contribution in [1.82, 2.24) is 0 Å². The Morgan fingerprint density at radius 2 is 2.10 bits per heavy atom. The average molecular weight is 172 g/mol. The van der Waals surface area contributed by atoms with Gasteiger partial charge in [0.2, 0.25) is 0 Å². The topological polar surface area (TPSA) is 54.4 Å². The Kier molecular flexibility index (Phi) is 6.76. The van der Waals surface area contributed by atoms with Crippen LogP contribution in [0.5, 0.6) is 0 Å². The van der Waals surface area contributed by atoms with Crippen LogP contribution >= 0.6 is 0 Å². The number of hydrogen-bond donors (Lipinski definition) is 1. The minimum absolute atomic E-state index is 0. The van der Waals surface area contributed by atoms with Gasteiger partial charge in [-0.2, -0.15) is 8.42 Å². The first kappa shape index (κ1) is 13.1. The van der Waals surface area contributed by atoms with E-state index in [1.165, 1.54) is 0 Å². The van der Waals surface area contributed by atoms with E-state index in [2.05, 4.69) is 0 Å². The van der Waals surface area contributed by atoms with Crippen molar-refractivity contribution < 1.29 is 13.0 Å². The predicted octanol–water partition coefficient (Wildman–Crippen LogP) is -0.363. The van der Waals surface area contributed by atoms with Gasteiger partial charge < -0.3 is 0 Å². The SMILES string of the molecule is C#CC(CC)S(=O)(=O)O.[NaH]. The molecule has 0 spiro atoms. The van der Waals surface area contributed by atoms with Crippen LogP contribution in [0.1, 0.15) is 13.3 Å². The first-order valence-corrected chi connectivity index (χ1v) is 3.95. The Morgan fingerprint density at radius 3 is 2.10 bits per heavy atom. The van der Waals surface area contributed by atoms with Crippen LogP contribution in [0.3, 0.4) is 0 Å². The second-order valence-corrected chi connectivity index (χ2v) is 3.18. The first-order chi connectivity index (χ1) is 4.02. The molecule has 0 amide bonds. The summed E-state index contributed by atoms with van der Waals surface area (Å²) in [6.07, 6.45) is 5.03. The third-order valence-corrected chi connectivity index (χ3v) is 2.10. The van der Waals surface area contributed by atoms with E-state index >= 15 is 0 Å². The van der Waals surface area contributed by atoms with Gasteiger partial charge in [0.1, 0.15) is 5.25 Å². The third-order valence-electron chi connectivity index (χ3n) is 0.916. The molecule has 0 aliphatic rings. The fraction of sp³-hybridized carbons (Fsp3) is 0.600. The van der Waals surface area contributed by atoms with Crippen LogP contribution in [0, 0.1) is 12.3 Å². The molecule has 0 radical (unpaired) electrons. The molecule has 54 valence electrons. The van der Waals surface area contributed by atoms with Gasteiger partial charge in [-0.25, -0.2) is 0 Å². The van der Waals surface area contributed by atoms with Gasteiger partial charge in [0, 0.05) is 0 Å². The molecule has 0 aromatic heterocycles. The second kappa shape index (κ2) is 5.16. The normalized spacial score (nSPS) is 12.9. The van der Waals surface area contributed by atoms with Gasteiger partial charge in [-0.15, -0.1) is 6.42 Å². The summed E-state index contributed by atoms with van der Waals surface area (Å²) in [7, 11) is -4.00. The monoisotopic (exact) mass is 172 g/mol. The molecule has 0 heterocycles. The molecule has 0 aromatic rings. The van der Waals surface area contributed by atoms with E-state index in [-0.39, 0.29) is 36.0 Å². The van der Waals surface area contributed by atoms with Gasteiger partial charge in [0.25, 0.3) is 10.1 Å². The Balaban J connectivity index is 0. The quantitative estimate of drug-likeness (QED) is 0.351. The van der Waals surface area contributed by atoms with E-state index in [4.69, 9.17) is 11.0 Å². The molecule has 0 bridgehead atoms. The van der Waals surface area contributed by atoms with Gasteiger partial charge in [-0.3, -0.25) is 4.55 Å². The number of hydrogen-bond acceptors (Lipinski definition) is 2. The summed E-state index contributed by atoms with van der Waals surface area (Å²) in [5.74, 6) is 1.95. The van der Waals surface area contributed by atoms with Crippen LogP contribution in [-0.2, 0) is 10.1 Å². The molecule has 3 nitrogen and oxygen atoms in total. The molecule has 10 heavy (non-hydrogen) atoms. The van der Waals surface area contributed by atoms with Crippen LogP contribution in [-0.4, -0.2) is 47.8 Å². The summed E-state index contributed by atoms with van der Waals surface area (Å²) < 4.78 is 28.7. The summed E-state index contributed by atoms with van der Waals surface area (Å²) in [6.45, 7) is 1.60. The van der Waals surface area contributed by atoms with Crippen LogP contribution in [0.4, 0.5) is 0 Å². The first-order valence-electron chi connectivity index (χ1n) is 2.44. The minimum atomic E-state index is -4.00. The summed E-state index contributed by atoms with van der Waals surface area (Å²) in [5.41, 5.74) is 0. The standard InChI is InChI=1S/C5H8O3S.Na.H/c1-3-5(4-2)9(6,7)8;;/h1,5H,4H2,2H3,(H,6,7,8);;. The summed E-state index contributed by atoms with van der Waals surface area (Å²) in [6, 6.07) is 0. The van der Waals surface area contributed by atoms with Crippen molar-refractivity contribution in [3.63, 3.8) is 0 Å². The summed E-state index contributed by atoms with van der Waals surface area (Å²) in [4.78, 5) is 0. The molecule has 0 saturated carbocycles. The van der Waals surface area contributed by atoms with Crippen molar-refractivity contribution in [2.75, 3.05) is 0 Å². The zero-order valence-electron chi connectivity index (χ0n) is 5.03. The van der Waals surface area contributed by atoms with E-state index in [0.717, 1.165) is 0 Å². The van der Waals surface area contributed by atoms with Gasteiger partial charge in [0.15, 0.2) is 0 Å². The van der Waals surface area contributed by atoms with E-state index in [1.807, 2.05) is 5.92 Å². The van der Waals surface area contributed by atoms with Crippen LogP contribution in [0.25, 0.3) is 0 Å². The molecule has 1 atom stereocenters. The second-order valence-electron chi connectivity index (χ2n) is 1.58. The fourth-order valence-electron chi connectivity index (χ4n) is 0.414. The van der Waals surface area contributed by atoms with Crippen molar-refractivity contribution in [2.45, 2.75) is 18.6 Å². The molecular weight excluding hydrogens is 163 g/mol. The van der Waals surface area contributed by atoms with Gasteiger partial charge in [-0.05, 0) is 6.42 Å². The summed E-state index contributed by atoms with van der Waals surface area (Å²) >= 11 is 0. The van der Waals surface area contributed by atoms with Crippen LogP contribution in [0.15, 0.2) is 0 Å². The van der Waals surface area contributed by atoms with Crippen molar-refractivity contribution in [3.05, 3.63) is 0 Å². The molecule has 0 saturated heterocycles.